The van der Waals surface area contributed by atoms with Crippen LogP contribution in [0.4, 0.5) is 0 Å². The fourth-order valence-electron chi connectivity index (χ4n) is 2.57. The first kappa shape index (κ1) is 26.1. The van der Waals surface area contributed by atoms with Gasteiger partial charge in [0.15, 0.2) is 0 Å². The van der Waals surface area contributed by atoms with Crippen LogP contribution < -0.4 is 0 Å². The lowest BCUT2D eigenvalue weighted by Crippen LogP contribution is -1.96. The van der Waals surface area contributed by atoms with Crippen LogP contribution in [0.1, 0.15) is 117 Å². The molecule has 0 aromatic carbocycles. The third-order valence-electron chi connectivity index (χ3n) is 4.04. The van der Waals surface area contributed by atoms with E-state index >= 15 is 0 Å². The van der Waals surface area contributed by atoms with E-state index in [1.165, 1.54) is 70.6 Å². The van der Waals surface area contributed by atoms with Gasteiger partial charge in [0.1, 0.15) is 5.78 Å². The molecule has 0 aliphatic carbocycles. The molecular weight excluding hydrogens is 312 g/mol. The van der Waals surface area contributed by atoms with E-state index in [9.17, 15) is 4.79 Å². The van der Waals surface area contributed by atoms with Crippen molar-refractivity contribution in [3.05, 3.63) is 12.2 Å². The molecule has 0 radical (unpaired) electrons. The Labute approximate surface area is 156 Å². The van der Waals surface area contributed by atoms with Gasteiger partial charge in [-0.2, -0.15) is 0 Å². The molecule has 3 nitrogen and oxygen atoms in total. The number of unbranched alkanes of at least 4 members (excludes halogenated alkanes) is 10. The summed E-state index contributed by atoms with van der Waals surface area (Å²) in [4.78, 5) is 20.7. The summed E-state index contributed by atoms with van der Waals surface area (Å²) in [6.07, 6.45) is 22.5. The summed E-state index contributed by atoms with van der Waals surface area (Å²) in [5, 5.41) is 7.42. The lowest BCUT2D eigenvalue weighted by molar-refractivity contribution is -0.134. The minimum atomic E-state index is -0.833. The van der Waals surface area contributed by atoms with Crippen molar-refractivity contribution >= 4 is 11.8 Å². The molecule has 0 atom stereocenters. The zero-order chi connectivity index (χ0) is 19.2. The molecule has 0 aliphatic heterocycles. The molecule has 0 aromatic rings. The number of Topliss-reactive ketones (excluding diaryl/α,β-unsaturated/α-hetero) is 1. The number of carbonyl (C=O) groups is 2. The Morgan fingerprint density at radius 1 is 0.680 bits per heavy atom. The van der Waals surface area contributed by atoms with Crippen LogP contribution >= 0.6 is 0 Å². The maximum absolute atomic E-state index is 11.7. The molecule has 148 valence electrons. The molecule has 1 N–H and O–H groups in total. The van der Waals surface area contributed by atoms with Crippen LogP contribution in [0.5, 0.6) is 0 Å². The van der Waals surface area contributed by atoms with Crippen molar-refractivity contribution in [3.63, 3.8) is 0 Å². The first-order valence-corrected chi connectivity index (χ1v) is 10.4. The van der Waals surface area contributed by atoms with Crippen molar-refractivity contribution in [2.45, 2.75) is 117 Å². The normalized spacial score (nSPS) is 10.5. The maximum Gasteiger partial charge on any atom is 0.300 e. The lowest BCUT2D eigenvalue weighted by Gasteiger charge is -2.01. The minimum Gasteiger partial charge on any atom is -0.481 e. The number of ketones is 1. The Hall–Kier alpha value is -1.12. The molecule has 0 heterocycles. The molecule has 0 spiro atoms. The number of carboxylic acid groups (broad SMARTS) is 1. The van der Waals surface area contributed by atoms with Gasteiger partial charge in [0, 0.05) is 19.8 Å². The summed E-state index contributed by atoms with van der Waals surface area (Å²) in [5.41, 5.74) is 0. The molecule has 0 aliphatic rings. The van der Waals surface area contributed by atoms with Gasteiger partial charge in [0.25, 0.3) is 5.97 Å². The summed E-state index contributed by atoms with van der Waals surface area (Å²) < 4.78 is 0. The van der Waals surface area contributed by atoms with Crippen molar-refractivity contribution in [3.8, 4) is 0 Å². The van der Waals surface area contributed by atoms with Gasteiger partial charge >= 0.3 is 0 Å². The molecule has 0 amide bonds. The predicted molar refractivity (Wildman–Crippen MR) is 108 cm³/mol. The Morgan fingerprint density at radius 2 is 1.12 bits per heavy atom. The fourth-order valence-corrected chi connectivity index (χ4v) is 2.57. The van der Waals surface area contributed by atoms with Crippen molar-refractivity contribution in [2.24, 2.45) is 0 Å². The Bertz CT molecular complexity index is 317. The number of allylic oxidation sites excluding steroid dienone is 2. The van der Waals surface area contributed by atoms with E-state index in [4.69, 9.17) is 9.90 Å². The molecule has 0 saturated carbocycles. The molecular formula is C22H42O3. The van der Waals surface area contributed by atoms with Gasteiger partial charge in [-0.15, -0.1) is 0 Å². The number of hydrogen-bond donors (Lipinski definition) is 1. The molecule has 3 heteroatoms. The van der Waals surface area contributed by atoms with Crippen LogP contribution in [0, 0.1) is 0 Å². The second-order valence-corrected chi connectivity index (χ2v) is 6.79. The van der Waals surface area contributed by atoms with Crippen LogP contribution in [0.3, 0.4) is 0 Å². The highest BCUT2D eigenvalue weighted by Gasteiger charge is 2.00. The van der Waals surface area contributed by atoms with E-state index in [1.54, 1.807) is 0 Å². The van der Waals surface area contributed by atoms with E-state index in [0.717, 1.165) is 32.6 Å². The summed E-state index contributed by atoms with van der Waals surface area (Å²) in [5.74, 6) is -0.376. The van der Waals surface area contributed by atoms with E-state index in [2.05, 4.69) is 26.0 Å². The highest BCUT2D eigenvalue weighted by molar-refractivity contribution is 5.78. The monoisotopic (exact) mass is 354 g/mol. The third-order valence-corrected chi connectivity index (χ3v) is 4.04. The third kappa shape index (κ3) is 31.2. The van der Waals surface area contributed by atoms with Gasteiger partial charge in [-0.1, -0.05) is 83.8 Å². The molecule has 0 saturated heterocycles. The minimum absolute atomic E-state index is 0.458. The first-order valence-electron chi connectivity index (χ1n) is 10.4. The summed E-state index contributed by atoms with van der Waals surface area (Å²) in [6.45, 7) is 5.57. The van der Waals surface area contributed by atoms with Crippen molar-refractivity contribution < 1.29 is 14.7 Å². The van der Waals surface area contributed by atoms with E-state index in [1.807, 2.05) is 0 Å². The number of aliphatic carboxylic acids is 1. The second kappa shape index (κ2) is 22.9. The average molecular weight is 355 g/mol. The topological polar surface area (TPSA) is 54.4 Å². The van der Waals surface area contributed by atoms with Crippen LogP contribution in [-0.4, -0.2) is 16.9 Å². The van der Waals surface area contributed by atoms with Crippen LogP contribution in [-0.2, 0) is 9.59 Å². The largest absolute Gasteiger partial charge is 0.481 e. The number of carbonyl (C=O) groups excluding carboxylic acids is 1. The van der Waals surface area contributed by atoms with Gasteiger partial charge < -0.3 is 5.11 Å². The molecule has 0 unspecified atom stereocenters. The quantitative estimate of drug-likeness (QED) is 0.238. The second-order valence-electron chi connectivity index (χ2n) is 6.79. The smallest absolute Gasteiger partial charge is 0.300 e. The summed E-state index contributed by atoms with van der Waals surface area (Å²) in [7, 11) is 0. The number of carboxylic acids is 1. The zero-order valence-electron chi connectivity index (χ0n) is 17.0. The Kier molecular flexibility index (Phi) is 23.9. The van der Waals surface area contributed by atoms with Crippen molar-refractivity contribution in [1.29, 1.82) is 0 Å². The predicted octanol–water partition coefficient (Wildman–Crippen LogP) is 7.09. The van der Waals surface area contributed by atoms with Crippen LogP contribution in [0.2, 0.25) is 0 Å². The highest BCUT2D eigenvalue weighted by Crippen LogP contribution is 2.10. The molecule has 0 rings (SSSR count). The highest BCUT2D eigenvalue weighted by atomic mass is 16.4. The first-order chi connectivity index (χ1) is 12.0. The van der Waals surface area contributed by atoms with E-state index < -0.39 is 5.97 Å². The summed E-state index contributed by atoms with van der Waals surface area (Å²) >= 11 is 0. The number of rotatable bonds is 16. The zero-order valence-corrected chi connectivity index (χ0v) is 17.0. The van der Waals surface area contributed by atoms with Crippen LogP contribution in [0.15, 0.2) is 12.2 Å². The Balaban J connectivity index is 0. The number of hydrogen-bond acceptors (Lipinski definition) is 2. The van der Waals surface area contributed by atoms with Gasteiger partial charge in [-0.3, -0.25) is 9.59 Å². The summed E-state index contributed by atoms with van der Waals surface area (Å²) in [6, 6.07) is 0. The molecule has 0 bridgehead atoms. The van der Waals surface area contributed by atoms with Gasteiger partial charge in [-0.25, -0.2) is 0 Å². The fraction of sp³-hybridized carbons (Fsp3) is 0.818. The van der Waals surface area contributed by atoms with E-state index in [-0.39, 0.29) is 0 Å². The van der Waals surface area contributed by atoms with Crippen molar-refractivity contribution in [2.75, 3.05) is 0 Å². The molecule has 0 fully saturated rings. The standard InChI is InChI=1S/C20H38O.C2H4O2/c1-3-5-7-9-11-13-15-17-19-20(21)18-16-14-12-10-8-6-4-2;1-2(3)4/h13,15H,3-12,14,16-19H2,1-2H3;1H3,(H,3,4)/b15-13-;. The van der Waals surface area contributed by atoms with Crippen molar-refractivity contribution in [1.82, 2.24) is 0 Å². The Morgan fingerprint density at radius 3 is 1.68 bits per heavy atom. The maximum atomic E-state index is 11.7. The molecule has 0 aromatic heterocycles. The van der Waals surface area contributed by atoms with E-state index in [0.29, 0.717) is 5.78 Å². The molecule has 25 heavy (non-hydrogen) atoms. The van der Waals surface area contributed by atoms with Gasteiger partial charge in [-0.05, 0) is 25.7 Å². The SMILES string of the molecule is CC(=O)O.CCCCCC/C=C\CCC(=O)CCCCCCCCC. The average Bonchev–Trinajstić information content (AvgIpc) is 2.56. The van der Waals surface area contributed by atoms with Gasteiger partial charge in [0.2, 0.25) is 0 Å². The van der Waals surface area contributed by atoms with Gasteiger partial charge in [0.05, 0.1) is 0 Å². The van der Waals surface area contributed by atoms with Crippen LogP contribution in [0.25, 0.3) is 0 Å². The lowest BCUT2D eigenvalue weighted by atomic mass is 10.0.